The fourth-order valence-electron chi connectivity index (χ4n) is 2.37. The molecule has 0 fully saturated rings. The molecular formula is C16H22O3. The first-order valence-corrected chi connectivity index (χ1v) is 6.45. The summed E-state index contributed by atoms with van der Waals surface area (Å²) in [7, 11) is 0. The molecule has 19 heavy (non-hydrogen) atoms. The third-order valence-corrected chi connectivity index (χ3v) is 3.14. The molecule has 0 heterocycles. The van der Waals surface area contributed by atoms with E-state index >= 15 is 0 Å². The number of carboxylic acid groups (broad SMARTS) is 1. The third kappa shape index (κ3) is 3.37. The summed E-state index contributed by atoms with van der Waals surface area (Å²) in [5.74, 6) is -0.651. The zero-order valence-electron chi connectivity index (χ0n) is 12.2. The van der Waals surface area contributed by atoms with Crippen LogP contribution in [0.4, 0.5) is 0 Å². The first-order valence-electron chi connectivity index (χ1n) is 6.45. The normalized spacial score (nSPS) is 12.1. The molecule has 0 aliphatic carbocycles. The number of phenolic OH excluding ortho intramolecular Hbond substituents is 1. The van der Waals surface area contributed by atoms with Crippen LogP contribution >= 0.6 is 0 Å². The maximum Gasteiger partial charge on any atom is 0.328 e. The van der Waals surface area contributed by atoms with Crippen molar-refractivity contribution in [1.82, 2.24) is 0 Å². The van der Waals surface area contributed by atoms with E-state index in [4.69, 9.17) is 5.11 Å². The molecule has 1 aromatic carbocycles. The van der Waals surface area contributed by atoms with Crippen molar-refractivity contribution < 1.29 is 15.0 Å². The summed E-state index contributed by atoms with van der Waals surface area (Å²) < 4.78 is 0. The fourth-order valence-corrected chi connectivity index (χ4v) is 2.37. The highest BCUT2D eigenvalue weighted by molar-refractivity contribution is 5.86. The minimum atomic E-state index is -0.968. The minimum absolute atomic E-state index is 0.187. The predicted octanol–water partition coefficient (Wildman–Crippen LogP) is 3.66. The lowest BCUT2D eigenvalue weighted by Crippen LogP contribution is -2.16. The molecule has 0 amide bonds. The van der Waals surface area contributed by atoms with Gasteiger partial charge in [-0.15, -0.1) is 0 Å². The van der Waals surface area contributed by atoms with Gasteiger partial charge in [-0.05, 0) is 47.6 Å². The van der Waals surface area contributed by atoms with Crippen LogP contribution in [0.2, 0.25) is 0 Å². The summed E-state index contributed by atoms with van der Waals surface area (Å²) in [5, 5.41) is 19.1. The van der Waals surface area contributed by atoms with E-state index in [0.717, 1.165) is 34.8 Å². The molecule has 0 unspecified atom stereocenters. The van der Waals surface area contributed by atoms with Crippen molar-refractivity contribution in [3.05, 3.63) is 34.4 Å². The lowest BCUT2D eigenvalue weighted by molar-refractivity contribution is -0.131. The van der Waals surface area contributed by atoms with Crippen molar-refractivity contribution in [3.8, 4) is 5.75 Å². The predicted molar refractivity (Wildman–Crippen MR) is 77.6 cm³/mol. The minimum Gasteiger partial charge on any atom is -0.507 e. The number of phenols is 1. The number of benzene rings is 1. The summed E-state index contributed by atoms with van der Waals surface area (Å²) in [4.78, 5) is 10.7. The fraction of sp³-hybridized carbons (Fsp3) is 0.438. The Balaban J connectivity index is 3.59. The number of aromatic hydroxyl groups is 1. The Bertz CT molecular complexity index is 520. The molecule has 0 aliphatic heterocycles. The Morgan fingerprint density at radius 1 is 1.37 bits per heavy atom. The second kappa shape index (κ2) is 5.47. The molecule has 2 N–H and O–H groups in total. The number of hydrogen-bond acceptors (Lipinski definition) is 2. The number of carboxylic acids is 1. The number of carbonyl (C=O) groups is 1. The van der Waals surface area contributed by atoms with E-state index in [1.54, 1.807) is 6.08 Å². The molecule has 0 bridgehead atoms. The molecule has 0 aromatic heterocycles. The Kier molecular flexibility index (Phi) is 4.40. The Morgan fingerprint density at radius 3 is 2.37 bits per heavy atom. The van der Waals surface area contributed by atoms with Crippen molar-refractivity contribution in [2.75, 3.05) is 0 Å². The average molecular weight is 262 g/mol. The molecule has 3 heteroatoms. The van der Waals surface area contributed by atoms with Crippen LogP contribution in [0.1, 0.15) is 49.9 Å². The standard InChI is InChI=1S/C16H22O3/c1-6-12-11(7-8-13(17)18)9-10(2)15(19)14(12)16(3,4)5/h7-9,19H,6H2,1-5H3,(H,17,18). The average Bonchev–Trinajstić information content (AvgIpc) is 2.27. The monoisotopic (exact) mass is 262 g/mol. The SMILES string of the molecule is CCc1c(C=CC(=O)O)cc(C)c(O)c1C(C)(C)C. The molecule has 104 valence electrons. The largest absolute Gasteiger partial charge is 0.507 e. The van der Waals surface area contributed by atoms with Gasteiger partial charge in [-0.3, -0.25) is 0 Å². The maximum atomic E-state index is 10.7. The molecule has 0 radical (unpaired) electrons. The zero-order chi connectivity index (χ0) is 14.8. The van der Waals surface area contributed by atoms with Crippen LogP contribution in [-0.4, -0.2) is 16.2 Å². The Morgan fingerprint density at radius 2 is 1.95 bits per heavy atom. The molecule has 0 aliphatic rings. The van der Waals surface area contributed by atoms with E-state index in [1.807, 2.05) is 40.7 Å². The van der Waals surface area contributed by atoms with Gasteiger partial charge in [0.2, 0.25) is 0 Å². The lowest BCUT2D eigenvalue weighted by atomic mass is 9.79. The molecule has 0 atom stereocenters. The highest BCUT2D eigenvalue weighted by Gasteiger charge is 2.24. The van der Waals surface area contributed by atoms with Gasteiger partial charge in [-0.25, -0.2) is 4.79 Å². The quantitative estimate of drug-likeness (QED) is 0.817. The summed E-state index contributed by atoms with van der Waals surface area (Å²) in [6.45, 7) is 9.99. The van der Waals surface area contributed by atoms with E-state index < -0.39 is 5.97 Å². The van der Waals surface area contributed by atoms with Gasteiger partial charge in [0.05, 0.1) is 0 Å². The van der Waals surface area contributed by atoms with Crippen LogP contribution in [0.15, 0.2) is 12.1 Å². The van der Waals surface area contributed by atoms with Gasteiger partial charge in [-0.1, -0.05) is 27.7 Å². The summed E-state index contributed by atoms with van der Waals surface area (Å²) in [6, 6.07) is 1.84. The van der Waals surface area contributed by atoms with E-state index in [1.165, 1.54) is 0 Å². The first-order chi connectivity index (χ1) is 8.68. The molecule has 1 rings (SSSR count). The van der Waals surface area contributed by atoms with Gasteiger partial charge < -0.3 is 10.2 Å². The topological polar surface area (TPSA) is 57.5 Å². The number of hydrogen-bond donors (Lipinski definition) is 2. The molecule has 3 nitrogen and oxygen atoms in total. The number of aliphatic carboxylic acids is 1. The van der Waals surface area contributed by atoms with Crippen LogP contribution < -0.4 is 0 Å². The van der Waals surface area contributed by atoms with Crippen LogP contribution in [-0.2, 0) is 16.6 Å². The first kappa shape index (κ1) is 15.3. The van der Waals surface area contributed by atoms with E-state index in [-0.39, 0.29) is 5.41 Å². The molecule has 0 saturated heterocycles. The van der Waals surface area contributed by atoms with Crippen LogP contribution in [0.25, 0.3) is 6.08 Å². The van der Waals surface area contributed by atoms with Crippen molar-refractivity contribution in [1.29, 1.82) is 0 Å². The smallest absolute Gasteiger partial charge is 0.328 e. The highest BCUT2D eigenvalue weighted by Crippen LogP contribution is 2.38. The molecule has 0 spiro atoms. The molecular weight excluding hydrogens is 240 g/mol. The van der Waals surface area contributed by atoms with Crippen molar-refractivity contribution >= 4 is 12.0 Å². The molecule has 1 aromatic rings. The van der Waals surface area contributed by atoms with Gasteiger partial charge in [0.15, 0.2) is 0 Å². The second-order valence-electron chi connectivity index (χ2n) is 5.76. The summed E-state index contributed by atoms with van der Waals surface area (Å²) >= 11 is 0. The van der Waals surface area contributed by atoms with Crippen molar-refractivity contribution in [3.63, 3.8) is 0 Å². The Hall–Kier alpha value is -1.77. The summed E-state index contributed by atoms with van der Waals surface area (Å²) in [6.07, 6.45) is 3.49. The van der Waals surface area contributed by atoms with Crippen LogP contribution in [0.5, 0.6) is 5.75 Å². The van der Waals surface area contributed by atoms with E-state index in [9.17, 15) is 9.90 Å². The zero-order valence-corrected chi connectivity index (χ0v) is 12.2. The number of rotatable bonds is 3. The third-order valence-electron chi connectivity index (χ3n) is 3.14. The number of aryl methyl sites for hydroxylation is 1. The van der Waals surface area contributed by atoms with E-state index in [2.05, 4.69) is 0 Å². The highest BCUT2D eigenvalue weighted by atomic mass is 16.4. The van der Waals surface area contributed by atoms with Crippen molar-refractivity contribution in [2.45, 2.75) is 46.5 Å². The van der Waals surface area contributed by atoms with Crippen LogP contribution in [0, 0.1) is 6.92 Å². The van der Waals surface area contributed by atoms with Gasteiger partial charge in [0, 0.05) is 11.6 Å². The van der Waals surface area contributed by atoms with Gasteiger partial charge in [0.1, 0.15) is 5.75 Å². The Labute approximate surface area is 114 Å². The van der Waals surface area contributed by atoms with Gasteiger partial charge >= 0.3 is 5.97 Å². The van der Waals surface area contributed by atoms with Gasteiger partial charge in [0.25, 0.3) is 0 Å². The molecule has 0 saturated carbocycles. The van der Waals surface area contributed by atoms with Crippen molar-refractivity contribution in [2.24, 2.45) is 0 Å². The second-order valence-corrected chi connectivity index (χ2v) is 5.76. The summed E-state index contributed by atoms with van der Waals surface area (Å²) in [5.41, 5.74) is 3.36. The lowest BCUT2D eigenvalue weighted by Gasteiger charge is -2.26. The van der Waals surface area contributed by atoms with Gasteiger partial charge in [-0.2, -0.15) is 0 Å². The maximum absolute atomic E-state index is 10.7. The van der Waals surface area contributed by atoms with E-state index in [0.29, 0.717) is 5.75 Å². The van der Waals surface area contributed by atoms with Crippen LogP contribution in [0.3, 0.4) is 0 Å².